The summed E-state index contributed by atoms with van der Waals surface area (Å²) in [6, 6.07) is 11.4. The van der Waals surface area contributed by atoms with Crippen molar-refractivity contribution in [1.29, 1.82) is 0 Å². The number of hydrogen-bond acceptors (Lipinski definition) is 4. The molecule has 0 aliphatic carbocycles. The van der Waals surface area contributed by atoms with Crippen LogP contribution in [0.25, 0.3) is 28.1 Å². The van der Waals surface area contributed by atoms with Crippen molar-refractivity contribution in [2.24, 2.45) is 7.05 Å². The van der Waals surface area contributed by atoms with Gasteiger partial charge < -0.3 is 9.88 Å². The molecule has 6 nitrogen and oxygen atoms in total. The summed E-state index contributed by atoms with van der Waals surface area (Å²) in [7, 11) is 2.05. The molecular weight excluding hydrogens is 350 g/mol. The maximum Gasteiger partial charge on any atom is 0.256 e. The van der Waals surface area contributed by atoms with Crippen molar-refractivity contribution in [3.05, 3.63) is 76.0 Å². The monoisotopic (exact) mass is 371 g/mol. The summed E-state index contributed by atoms with van der Waals surface area (Å²) in [5.41, 5.74) is 6.14. The van der Waals surface area contributed by atoms with Crippen LogP contribution in [0.15, 0.2) is 53.6 Å². The highest BCUT2D eigenvalue weighted by molar-refractivity contribution is 5.83. The Bertz CT molecular complexity index is 1250. The van der Waals surface area contributed by atoms with Crippen LogP contribution in [0.4, 0.5) is 0 Å². The van der Waals surface area contributed by atoms with Crippen molar-refractivity contribution in [1.82, 2.24) is 24.4 Å². The van der Waals surface area contributed by atoms with E-state index in [9.17, 15) is 4.79 Å². The van der Waals surface area contributed by atoms with Gasteiger partial charge in [-0.05, 0) is 42.3 Å². The van der Waals surface area contributed by atoms with Gasteiger partial charge in [0.05, 0.1) is 5.69 Å². The molecule has 28 heavy (non-hydrogen) atoms. The van der Waals surface area contributed by atoms with Gasteiger partial charge in [0, 0.05) is 61.7 Å². The summed E-state index contributed by atoms with van der Waals surface area (Å²) in [6.07, 6.45) is 4.58. The van der Waals surface area contributed by atoms with Gasteiger partial charge in [0.15, 0.2) is 0 Å². The number of fused-ring (bicyclic) bond motifs is 3. The molecule has 0 unspecified atom stereocenters. The van der Waals surface area contributed by atoms with Crippen LogP contribution in [0.3, 0.4) is 0 Å². The highest BCUT2D eigenvalue weighted by atomic mass is 16.1. The highest BCUT2D eigenvalue weighted by Gasteiger charge is 2.19. The lowest BCUT2D eigenvalue weighted by Crippen LogP contribution is -2.24. The lowest BCUT2D eigenvalue weighted by atomic mass is 10.1. The van der Waals surface area contributed by atoms with E-state index < -0.39 is 0 Å². The summed E-state index contributed by atoms with van der Waals surface area (Å²) in [4.78, 5) is 22.0. The molecule has 0 fully saturated rings. The van der Waals surface area contributed by atoms with E-state index in [2.05, 4.69) is 28.0 Å². The van der Waals surface area contributed by atoms with Gasteiger partial charge in [0.1, 0.15) is 11.5 Å². The first-order chi connectivity index (χ1) is 13.6. The Morgan fingerprint density at radius 2 is 2.04 bits per heavy atom. The third-order valence-corrected chi connectivity index (χ3v) is 5.47. The second-order valence-corrected chi connectivity index (χ2v) is 7.30. The molecule has 0 saturated heterocycles. The molecule has 0 spiro atoms. The maximum absolute atomic E-state index is 12.8. The minimum absolute atomic E-state index is 0.118. The molecule has 1 N–H and O–H groups in total. The van der Waals surface area contributed by atoms with Crippen LogP contribution in [-0.4, -0.2) is 25.6 Å². The molecule has 4 aromatic rings. The van der Waals surface area contributed by atoms with Crippen LogP contribution in [0.5, 0.6) is 0 Å². The number of nitrogens with zero attached hydrogens (tertiary/aromatic N) is 4. The Balaban J connectivity index is 1.59. The topological polar surface area (TPSA) is 64.7 Å². The summed E-state index contributed by atoms with van der Waals surface area (Å²) in [6.45, 7) is 3.85. The quantitative estimate of drug-likeness (QED) is 0.588. The lowest BCUT2D eigenvalue weighted by molar-refractivity contribution is 0.621. The normalized spacial score (nSPS) is 13.6. The summed E-state index contributed by atoms with van der Waals surface area (Å²) >= 11 is 0. The SMILES string of the molecule is Cc1ccc(-c2ccn(-c3ccc4c5c(n(C)c4n3)CCNC5)c(=O)c2)nc1. The zero-order valence-electron chi connectivity index (χ0n) is 15.9. The van der Waals surface area contributed by atoms with E-state index in [-0.39, 0.29) is 5.56 Å². The smallest absolute Gasteiger partial charge is 0.256 e. The van der Waals surface area contributed by atoms with Crippen LogP contribution in [-0.2, 0) is 20.0 Å². The molecule has 5 rings (SSSR count). The summed E-state index contributed by atoms with van der Waals surface area (Å²) in [5, 5.41) is 4.58. The molecule has 0 amide bonds. The average molecular weight is 371 g/mol. The van der Waals surface area contributed by atoms with Gasteiger partial charge >= 0.3 is 0 Å². The molecule has 0 atom stereocenters. The van der Waals surface area contributed by atoms with E-state index in [1.165, 1.54) is 11.3 Å². The molecule has 1 aliphatic heterocycles. The molecule has 0 saturated carbocycles. The highest BCUT2D eigenvalue weighted by Crippen LogP contribution is 2.27. The summed E-state index contributed by atoms with van der Waals surface area (Å²) in [5.74, 6) is 0.631. The lowest BCUT2D eigenvalue weighted by Gasteiger charge is -2.14. The fraction of sp³-hybridized carbons (Fsp3) is 0.227. The zero-order valence-corrected chi connectivity index (χ0v) is 15.9. The fourth-order valence-electron chi connectivity index (χ4n) is 3.95. The van der Waals surface area contributed by atoms with Gasteiger partial charge in [-0.15, -0.1) is 0 Å². The standard InChI is InChI=1S/C22H21N5O/c1-14-3-5-18(24-12-14)15-8-10-27(21(28)11-15)20-6-4-16-17-13-23-9-7-19(17)26(2)22(16)25-20/h3-6,8,10-12,23H,7,9,13H2,1-2H3. The molecule has 5 heterocycles. The van der Waals surface area contributed by atoms with Gasteiger partial charge in [-0.2, -0.15) is 0 Å². The van der Waals surface area contributed by atoms with E-state index in [4.69, 9.17) is 4.98 Å². The van der Waals surface area contributed by atoms with Gasteiger partial charge in [-0.25, -0.2) is 4.98 Å². The van der Waals surface area contributed by atoms with Crippen LogP contribution in [0, 0.1) is 6.92 Å². The summed E-state index contributed by atoms with van der Waals surface area (Å²) < 4.78 is 3.74. The van der Waals surface area contributed by atoms with Crippen LogP contribution >= 0.6 is 0 Å². The van der Waals surface area contributed by atoms with Gasteiger partial charge in [0.2, 0.25) is 0 Å². The van der Waals surface area contributed by atoms with Gasteiger partial charge in [-0.3, -0.25) is 14.3 Å². The zero-order chi connectivity index (χ0) is 19.3. The molecule has 1 aliphatic rings. The Morgan fingerprint density at radius 3 is 2.82 bits per heavy atom. The number of hydrogen-bond donors (Lipinski definition) is 1. The molecule has 0 radical (unpaired) electrons. The first-order valence-corrected chi connectivity index (χ1v) is 9.46. The van der Waals surface area contributed by atoms with Crippen molar-refractivity contribution < 1.29 is 0 Å². The Labute approximate surface area is 162 Å². The van der Waals surface area contributed by atoms with E-state index >= 15 is 0 Å². The van der Waals surface area contributed by atoms with E-state index in [1.807, 2.05) is 37.4 Å². The second-order valence-electron chi connectivity index (χ2n) is 7.30. The first-order valence-electron chi connectivity index (χ1n) is 9.46. The van der Waals surface area contributed by atoms with E-state index in [0.29, 0.717) is 5.82 Å². The van der Waals surface area contributed by atoms with Crippen molar-refractivity contribution in [3.8, 4) is 17.1 Å². The van der Waals surface area contributed by atoms with Crippen molar-refractivity contribution in [2.75, 3.05) is 6.54 Å². The van der Waals surface area contributed by atoms with Crippen LogP contribution in [0.2, 0.25) is 0 Å². The van der Waals surface area contributed by atoms with Crippen LogP contribution < -0.4 is 10.9 Å². The largest absolute Gasteiger partial charge is 0.332 e. The molecule has 140 valence electrons. The van der Waals surface area contributed by atoms with Gasteiger partial charge in [0.25, 0.3) is 5.56 Å². The minimum Gasteiger partial charge on any atom is -0.332 e. The number of nitrogens with one attached hydrogen (secondary N) is 1. The van der Waals surface area contributed by atoms with E-state index in [1.54, 1.807) is 16.8 Å². The predicted molar refractivity (Wildman–Crippen MR) is 110 cm³/mol. The fourth-order valence-corrected chi connectivity index (χ4v) is 3.95. The third-order valence-electron chi connectivity index (χ3n) is 5.47. The van der Waals surface area contributed by atoms with Crippen LogP contribution in [0.1, 0.15) is 16.8 Å². The van der Waals surface area contributed by atoms with Crippen molar-refractivity contribution in [3.63, 3.8) is 0 Å². The third kappa shape index (κ3) is 2.65. The molecule has 0 aromatic carbocycles. The molecule has 0 bridgehead atoms. The maximum atomic E-state index is 12.8. The molecular formula is C22H21N5O. The average Bonchev–Trinajstić information content (AvgIpc) is 3.01. The Kier molecular flexibility index (Phi) is 3.87. The number of aromatic nitrogens is 4. The Morgan fingerprint density at radius 1 is 1.14 bits per heavy atom. The minimum atomic E-state index is -0.118. The van der Waals surface area contributed by atoms with Crippen molar-refractivity contribution >= 4 is 11.0 Å². The van der Waals surface area contributed by atoms with E-state index in [0.717, 1.165) is 47.4 Å². The van der Waals surface area contributed by atoms with Gasteiger partial charge in [-0.1, -0.05) is 6.07 Å². The van der Waals surface area contributed by atoms with Crippen molar-refractivity contribution in [2.45, 2.75) is 19.9 Å². The number of rotatable bonds is 2. The number of aryl methyl sites for hydroxylation is 2. The molecule has 6 heteroatoms. The number of pyridine rings is 3. The molecule has 4 aromatic heterocycles. The second kappa shape index (κ2) is 6.42. The predicted octanol–water partition coefficient (Wildman–Crippen LogP) is 2.74. The Hall–Kier alpha value is -3.25. The first kappa shape index (κ1) is 16.9.